The zero-order valence-corrected chi connectivity index (χ0v) is 10.4. The summed E-state index contributed by atoms with van der Waals surface area (Å²) in [4.78, 5) is 11.9. The van der Waals surface area contributed by atoms with Crippen molar-refractivity contribution >= 4 is 5.91 Å². The van der Waals surface area contributed by atoms with Crippen LogP contribution in [0, 0.1) is 0 Å². The van der Waals surface area contributed by atoms with E-state index in [1.807, 2.05) is 0 Å². The van der Waals surface area contributed by atoms with Crippen LogP contribution in [0.5, 0.6) is 5.75 Å². The minimum atomic E-state index is -1.47. The van der Waals surface area contributed by atoms with E-state index in [-0.39, 0.29) is 5.91 Å². The molecule has 0 saturated heterocycles. The standard InChI is InChI=1S/C15H13NO3/c1-19-11-8-6-10(7-9-11)15(18)13-5-3-2-4-12(13)14(17)16-15/h2-9,18H,1H3,(H,16,17)/t15-/m1/s1. The smallest absolute Gasteiger partial charge is 0.254 e. The molecule has 4 heteroatoms. The molecule has 19 heavy (non-hydrogen) atoms. The molecule has 2 N–H and O–H groups in total. The van der Waals surface area contributed by atoms with E-state index in [0.29, 0.717) is 22.4 Å². The third kappa shape index (κ3) is 1.69. The monoisotopic (exact) mass is 255 g/mol. The molecule has 1 atom stereocenters. The fraction of sp³-hybridized carbons (Fsp3) is 0.133. The van der Waals surface area contributed by atoms with E-state index in [9.17, 15) is 9.90 Å². The van der Waals surface area contributed by atoms with Crippen molar-refractivity contribution in [2.45, 2.75) is 5.72 Å². The highest BCUT2D eigenvalue weighted by atomic mass is 16.5. The van der Waals surface area contributed by atoms with E-state index < -0.39 is 5.72 Å². The maximum absolute atomic E-state index is 11.9. The van der Waals surface area contributed by atoms with Crippen LogP contribution in [0.4, 0.5) is 0 Å². The third-order valence-electron chi connectivity index (χ3n) is 3.36. The number of ether oxygens (including phenoxy) is 1. The van der Waals surface area contributed by atoms with Gasteiger partial charge in [0.2, 0.25) is 0 Å². The molecule has 1 aliphatic rings. The largest absolute Gasteiger partial charge is 0.497 e. The van der Waals surface area contributed by atoms with E-state index >= 15 is 0 Å². The van der Waals surface area contributed by atoms with Gasteiger partial charge in [0.25, 0.3) is 5.91 Å². The molecule has 0 bridgehead atoms. The second-order valence-corrected chi connectivity index (χ2v) is 4.44. The zero-order chi connectivity index (χ0) is 13.5. The maximum Gasteiger partial charge on any atom is 0.254 e. The van der Waals surface area contributed by atoms with Crippen molar-refractivity contribution in [3.8, 4) is 5.75 Å². The van der Waals surface area contributed by atoms with E-state index in [0.717, 1.165) is 0 Å². The molecule has 2 aromatic carbocycles. The Balaban J connectivity index is 2.11. The fourth-order valence-electron chi connectivity index (χ4n) is 2.36. The van der Waals surface area contributed by atoms with Gasteiger partial charge in [-0.15, -0.1) is 0 Å². The number of aliphatic hydroxyl groups is 1. The summed E-state index contributed by atoms with van der Waals surface area (Å²) in [5, 5.41) is 13.4. The summed E-state index contributed by atoms with van der Waals surface area (Å²) in [6.45, 7) is 0. The summed E-state index contributed by atoms with van der Waals surface area (Å²) in [7, 11) is 1.58. The summed E-state index contributed by atoms with van der Waals surface area (Å²) < 4.78 is 5.09. The molecule has 0 aliphatic carbocycles. The molecule has 0 radical (unpaired) electrons. The van der Waals surface area contributed by atoms with Gasteiger partial charge in [-0.1, -0.05) is 30.3 Å². The van der Waals surface area contributed by atoms with Gasteiger partial charge in [0.1, 0.15) is 5.75 Å². The topological polar surface area (TPSA) is 58.6 Å². The van der Waals surface area contributed by atoms with Crippen LogP contribution >= 0.6 is 0 Å². The first-order chi connectivity index (χ1) is 9.15. The molecule has 0 fully saturated rings. The van der Waals surface area contributed by atoms with Gasteiger partial charge in [0.15, 0.2) is 5.72 Å². The molecule has 1 amide bonds. The maximum atomic E-state index is 11.9. The lowest BCUT2D eigenvalue weighted by Crippen LogP contribution is -2.40. The Bertz CT molecular complexity index is 636. The first-order valence-corrected chi connectivity index (χ1v) is 5.94. The molecule has 4 nitrogen and oxygen atoms in total. The minimum absolute atomic E-state index is 0.270. The van der Waals surface area contributed by atoms with E-state index in [1.165, 1.54) is 0 Å². The van der Waals surface area contributed by atoms with Crippen molar-refractivity contribution in [2.24, 2.45) is 0 Å². The summed E-state index contributed by atoms with van der Waals surface area (Å²) >= 11 is 0. The number of benzene rings is 2. The Kier molecular flexibility index (Phi) is 2.54. The Morgan fingerprint density at radius 1 is 1.11 bits per heavy atom. The number of fused-ring (bicyclic) bond motifs is 1. The minimum Gasteiger partial charge on any atom is -0.497 e. The van der Waals surface area contributed by atoms with Crippen LogP contribution in [0.15, 0.2) is 48.5 Å². The number of amides is 1. The van der Waals surface area contributed by atoms with Crippen molar-refractivity contribution in [1.82, 2.24) is 5.32 Å². The SMILES string of the molecule is COc1ccc([C@]2(O)NC(=O)c3ccccc32)cc1. The molecular weight excluding hydrogens is 242 g/mol. The highest BCUT2D eigenvalue weighted by Gasteiger charge is 2.42. The van der Waals surface area contributed by atoms with E-state index in [2.05, 4.69) is 5.32 Å². The molecule has 0 saturated carbocycles. The fourth-order valence-corrected chi connectivity index (χ4v) is 2.36. The second-order valence-electron chi connectivity index (χ2n) is 4.44. The van der Waals surface area contributed by atoms with Crippen molar-refractivity contribution in [2.75, 3.05) is 7.11 Å². The van der Waals surface area contributed by atoms with Crippen LogP contribution < -0.4 is 10.1 Å². The van der Waals surface area contributed by atoms with Crippen molar-refractivity contribution in [3.05, 3.63) is 65.2 Å². The number of methoxy groups -OCH3 is 1. The Hall–Kier alpha value is -2.33. The summed E-state index contributed by atoms with van der Waals surface area (Å²) in [5.74, 6) is 0.430. The molecule has 2 aromatic rings. The molecular formula is C15H13NO3. The highest BCUT2D eigenvalue weighted by Crippen LogP contribution is 2.35. The quantitative estimate of drug-likeness (QED) is 0.857. The number of hydrogen-bond acceptors (Lipinski definition) is 3. The molecule has 0 unspecified atom stereocenters. The molecule has 0 spiro atoms. The first-order valence-electron chi connectivity index (χ1n) is 5.94. The van der Waals surface area contributed by atoms with Crippen molar-refractivity contribution < 1.29 is 14.6 Å². The summed E-state index contributed by atoms with van der Waals surface area (Å²) in [6.07, 6.45) is 0. The molecule has 96 valence electrons. The predicted octanol–water partition coefficient (Wildman–Crippen LogP) is 1.63. The van der Waals surface area contributed by atoms with Gasteiger partial charge < -0.3 is 15.2 Å². The van der Waals surface area contributed by atoms with Gasteiger partial charge in [0.05, 0.1) is 7.11 Å². The molecule has 1 aliphatic heterocycles. The lowest BCUT2D eigenvalue weighted by molar-refractivity contribution is 0.0476. The van der Waals surface area contributed by atoms with Gasteiger partial charge in [-0.2, -0.15) is 0 Å². The van der Waals surface area contributed by atoms with Crippen LogP contribution in [0.3, 0.4) is 0 Å². The van der Waals surface area contributed by atoms with Crippen LogP contribution in [-0.2, 0) is 5.72 Å². The number of carbonyl (C=O) groups excluding carboxylic acids is 1. The lowest BCUT2D eigenvalue weighted by atomic mass is 9.94. The van der Waals surface area contributed by atoms with Gasteiger partial charge in [0, 0.05) is 16.7 Å². The lowest BCUT2D eigenvalue weighted by Gasteiger charge is -2.24. The van der Waals surface area contributed by atoms with Crippen molar-refractivity contribution in [1.29, 1.82) is 0 Å². The first kappa shape index (κ1) is 11.7. The van der Waals surface area contributed by atoms with E-state index in [4.69, 9.17) is 4.74 Å². The molecule has 3 rings (SSSR count). The Morgan fingerprint density at radius 3 is 2.47 bits per heavy atom. The summed E-state index contributed by atoms with van der Waals surface area (Å²) in [6, 6.07) is 14.0. The van der Waals surface area contributed by atoms with Gasteiger partial charge in [-0.25, -0.2) is 0 Å². The summed E-state index contributed by atoms with van der Waals surface area (Å²) in [5.41, 5.74) is 0.206. The second kappa shape index (κ2) is 4.10. The normalized spacial score (nSPS) is 20.8. The number of nitrogens with one attached hydrogen (secondary N) is 1. The number of hydrogen-bond donors (Lipinski definition) is 2. The Labute approximate surface area is 110 Å². The predicted molar refractivity (Wildman–Crippen MR) is 69.9 cm³/mol. The number of carbonyl (C=O) groups is 1. The Morgan fingerprint density at radius 2 is 1.79 bits per heavy atom. The van der Waals surface area contributed by atoms with Crippen LogP contribution in [-0.4, -0.2) is 18.1 Å². The van der Waals surface area contributed by atoms with E-state index in [1.54, 1.807) is 55.6 Å². The average Bonchev–Trinajstić information content (AvgIpc) is 2.72. The highest BCUT2D eigenvalue weighted by molar-refractivity contribution is 6.00. The van der Waals surface area contributed by atoms with Crippen molar-refractivity contribution in [3.63, 3.8) is 0 Å². The van der Waals surface area contributed by atoms with Crippen LogP contribution in [0.25, 0.3) is 0 Å². The molecule has 1 heterocycles. The van der Waals surface area contributed by atoms with Gasteiger partial charge in [-0.05, 0) is 18.2 Å². The zero-order valence-electron chi connectivity index (χ0n) is 10.4. The van der Waals surface area contributed by atoms with Gasteiger partial charge in [-0.3, -0.25) is 4.79 Å². The average molecular weight is 255 g/mol. The third-order valence-corrected chi connectivity index (χ3v) is 3.36. The van der Waals surface area contributed by atoms with Crippen LogP contribution in [0.1, 0.15) is 21.5 Å². The van der Waals surface area contributed by atoms with Gasteiger partial charge >= 0.3 is 0 Å². The molecule has 0 aromatic heterocycles. The number of rotatable bonds is 2. The van der Waals surface area contributed by atoms with Crippen LogP contribution in [0.2, 0.25) is 0 Å².